The molecule has 1 N–H and O–H groups in total. The van der Waals surface area contributed by atoms with Crippen molar-refractivity contribution in [1.82, 2.24) is 5.43 Å². The van der Waals surface area contributed by atoms with Crippen LogP contribution in [-0.2, 0) is 4.79 Å². The topological polar surface area (TPSA) is 77.0 Å². The van der Waals surface area contributed by atoms with Crippen molar-refractivity contribution in [3.63, 3.8) is 0 Å². The number of nitrogens with one attached hydrogen (secondary N) is 1. The number of halogens is 2. The molecule has 1 unspecified atom stereocenters. The van der Waals surface area contributed by atoms with E-state index >= 15 is 0 Å². The van der Waals surface area contributed by atoms with Crippen LogP contribution in [0, 0.1) is 0 Å². The summed E-state index contributed by atoms with van der Waals surface area (Å²) in [6.07, 6.45) is 0.622. The fourth-order valence-corrected chi connectivity index (χ4v) is 4.78. The Balaban J connectivity index is 1.42. The van der Waals surface area contributed by atoms with Gasteiger partial charge in [0, 0.05) is 15.6 Å². The Morgan fingerprint density at radius 2 is 1.71 bits per heavy atom. The first kappa shape index (κ1) is 23.9. The first-order valence-electron chi connectivity index (χ1n) is 10.2. The molecule has 0 spiro atoms. The average molecular weight is 558 g/mol. The summed E-state index contributed by atoms with van der Waals surface area (Å²) in [5.74, 6) is -0.159. The van der Waals surface area contributed by atoms with E-state index in [2.05, 4.69) is 26.5 Å². The number of hydrogen-bond donors (Lipinski definition) is 1. The van der Waals surface area contributed by atoms with Crippen molar-refractivity contribution in [1.29, 1.82) is 0 Å². The van der Waals surface area contributed by atoms with Gasteiger partial charge in [-0.1, -0.05) is 54.1 Å². The van der Waals surface area contributed by atoms with Crippen molar-refractivity contribution >= 4 is 67.0 Å². The fourth-order valence-electron chi connectivity index (χ4n) is 3.01. The standard InChI is InChI=1S/C25H18BrClN2O4S/c1-15(32-20-12-6-4-10-18(20)26)24(30)29-28-14-16-8-2-5-11-19(16)33-25(31)23-22(27)17-9-3-7-13-21(17)34-23/h2-15H,1H3,(H,29,30). The Morgan fingerprint density at radius 1 is 1.03 bits per heavy atom. The first-order chi connectivity index (χ1) is 16.4. The minimum atomic E-state index is -0.779. The van der Waals surface area contributed by atoms with Gasteiger partial charge in [0.05, 0.1) is 15.7 Å². The van der Waals surface area contributed by atoms with Crippen molar-refractivity contribution in [2.75, 3.05) is 0 Å². The molecule has 0 radical (unpaired) electrons. The number of hydrogen-bond acceptors (Lipinski definition) is 6. The van der Waals surface area contributed by atoms with Crippen LogP contribution in [0.3, 0.4) is 0 Å². The summed E-state index contributed by atoms with van der Waals surface area (Å²) >= 11 is 11.0. The molecule has 0 bridgehead atoms. The van der Waals surface area contributed by atoms with Crippen molar-refractivity contribution in [3.8, 4) is 11.5 Å². The van der Waals surface area contributed by atoms with Crippen LogP contribution < -0.4 is 14.9 Å². The average Bonchev–Trinajstić information content (AvgIpc) is 3.18. The second kappa shape index (κ2) is 10.8. The highest BCUT2D eigenvalue weighted by molar-refractivity contribution is 9.10. The van der Waals surface area contributed by atoms with Crippen molar-refractivity contribution in [2.24, 2.45) is 5.10 Å². The first-order valence-corrected chi connectivity index (χ1v) is 12.1. The molecular weight excluding hydrogens is 540 g/mol. The molecule has 1 atom stereocenters. The predicted octanol–water partition coefficient (Wildman–Crippen LogP) is 6.45. The number of carbonyl (C=O) groups excluding carboxylic acids is 2. The molecule has 1 amide bonds. The number of nitrogens with zero attached hydrogens (tertiary/aromatic N) is 1. The number of benzene rings is 3. The van der Waals surface area contributed by atoms with Crippen LogP contribution in [0.1, 0.15) is 22.2 Å². The Labute approximate surface area is 213 Å². The summed E-state index contributed by atoms with van der Waals surface area (Å²) in [5.41, 5.74) is 2.95. The number of amides is 1. The third-order valence-electron chi connectivity index (χ3n) is 4.73. The number of fused-ring (bicyclic) bond motifs is 1. The van der Waals surface area contributed by atoms with Crippen LogP contribution in [-0.4, -0.2) is 24.2 Å². The molecule has 0 aliphatic carbocycles. The van der Waals surface area contributed by atoms with E-state index in [0.717, 1.165) is 14.6 Å². The maximum absolute atomic E-state index is 12.8. The number of hydrazone groups is 1. The highest BCUT2D eigenvalue weighted by atomic mass is 79.9. The SMILES string of the molecule is CC(Oc1ccccc1Br)C(=O)NN=Cc1ccccc1OC(=O)c1sc2ccccc2c1Cl. The lowest BCUT2D eigenvalue weighted by Crippen LogP contribution is -2.33. The Hall–Kier alpha value is -3.20. The van der Waals surface area contributed by atoms with E-state index in [1.165, 1.54) is 17.6 Å². The van der Waals surface area contributed by atoms with Crippen LogP contribution in [0.4, 0.5) is 0 Å². The molecule has 3 aromatic carbocycles. The molecule has 0 saturated carbocycles. The maximum atomic E-state index is 12.8. The van der Waals surface area contributed by atoms with Gasteiger partial charge >= 0.3 is 5.97 Å². The zero-order chi connectivity index (χ0) is 24.1. The van der Waals surface area contributed by atoms with E-state index in [1.807, 2.05) is 42.5 Å². The lowest BCUT2D eigenvalue weighted by Gasteiger charge is -2.14. The van der Waals surface area contributed by atoms with E-state index in [4.69, 9.17) is 21.1 Å². The van der Waals surface area contributed by atoms with Gasteiger partial charge in [-0.3, -0.25) is 4.79 Å². The minimum Gasteiger partial charge on any atom is -0.480 e. The number of rotatable bonds is 7. The molecule has 6 nitrogen and oxygen atoms in total. The van der Waals surface area contributed by atoms with Gasteiger partial charge in [-0.2, -0.15) is 5.10 Å². The highest BCUT2D eigenvalue weighted by Crippen LogP contribution is 2.36. The Kier molecular flexibility index (Phi) is 7.62. The maximum Gasteiger partial charge on any atom is 0.355 e. The zero-order valence-electron chi connectivity index (χ0n) is 17.8. The summed E-state index contributed by atoms with van der Waals surface area (Å²) in [5, 5.41) is 5.16. The molecule has 0 aliphatic heterocycles. The number of esters is 1. The molecule has 0 aliphatic rings. The molecule has 9 heteroatoms. The van der Waals surface area contributed by atoms with Crippen LogP contribution in [0.25, 0.3) is 10.1 Å². The van der Waals surface area contributed by atoms with Crippen LogP contribution in [0.5, 0.6) is 11.5 Å². The second-order valence-corrected chi connectivity index (χ2v) is 9.38. The van der Waals surface area contributed by atoms with E-state index in [0.29, 0.717) is 21.2 Å². The molecule has 0 saturated heterocycles. The number of thiophene rings is 1. The van der Waals surface area contributed by atoms with Gasteiger partial charge in [-0.15, -0.1) is 11.3 Å². The number of carbonyl (C=O) groups is 2. The molecule has 4 rings (SSSR count). The molecule has 1 aromatic heterocycles. The lowest BCUT2D eigenvalue weighted by molar-refractivity contribution is -0.127. The van der Waals surface area contributed by atoms with Gasteiger partial charge in [0.2, 0.25) is 0 Å². The van der Waals surface area contributed by atoms with Crippen molar-refractivity contribution in [2.45, 2.75) is 13.0 Å². The third-order valence-corrected chi connectivity index (χ3v) is 7.04. The quantitative estimate of drug-likeness (QED) is 0.123. The molecule has 172 valence electrons. The number of para-hydroxylation sites is 2. The van der Waals surface area contributed by atoms with E-state index in [9.17, 15) is 9.59 Å². The summed E-state index contributed by atoms with van der Waals surface area (Å²) in [7, 11) is 0. The van der Waals surface area contributed by atoms with E-state index < -0.39 is 18.0 Å². The van der Waals surface area contributed by atoms with Gasteiger partial charge in [-0.05, 0) is 53.2 Å². The van der Waals surface area contributed by atoms with Gasteiger partial charge in [0.1, 0.15) is 16.4 Å². The molecular formula is C25H18BrClN2O4S. The van der Waals surface area contributed by atoms with Gasteiger partial charge in [0.15, 0.2) is 6.10 Å². The smallest absolute Gasteiger partial charge is 0.355 e. The minimum absolute atomic E-state index is 0.288. The van der Waals surface area contributed by atoms with E-state index in [-0.39, 0.29) is 5.75 Å². The largest absolute Gasteiger partial charge is 0.480 e. The number of ether oxygens (including phenoxy) is 2. The highest BCUT2D eigenvalue weighted by Gasteiger charge is 2.20. The molecule has 34 heavy (non-hydrogen) atoms. The second-order valence-electron chi connectivity index (χ2n) is 7.09. The Morgan fingerprint density at radius 3 is 2.47 bits per heavy atom. The third kappa shape index (κ3) is 5.47. The molecule has 1 heterocycles. The lowest BCUT2D eigenvalue weighted by atomic mass is 10.2. The summed E-state index contributed by atoms with van der Waals surface area (Å²) in [6.45, 7) is 1.62. The van der Waals surface area contributed by atoms with Crippen molar-refractivity contribution < 1.29 is 19.1 Å². The van der Waals surface area contributed by atoms with Gasteiger partial charge in [-0.25, -0.2) is 10.2 Å². The van der Waals surface area contributed by atoms with Crippen molar-refractivity contribution in [3.05, 3.63) is 92.7 Å². The predicted molar refractivity (Wildman–Crippen MR) is 138 cm³/mol. The zero-order valence-corrected chi connectivity index (χ0v) is 21.0. The molecule has 0 fully saturated rings. The monoisotopic (exact) mass is 556 g/mol. The fraction of sp³-hybridized carbons (Fsp3) is 0.0800. The summed E-state index contributed by atoms with van der Waals surface area (Å²) in [6, 6.07) is 21.6. The van der Waals surface area contributed by atoms with Gasteiger partial charge < -0.3 is 9.47 Å². The van der Waals surface area contributed by atoms with Gasteiger partial charge in [0.25, 0.3) is 5.91 Å². The summed E-state index contributed by atoms with van der Waals surface area (Å²) < 4.78 is 12.9. The Bertz CT molecular complexity index is 1390. The van der Waals surface area contributed by atoms with Crippen LogP contribution in [0.15, 0.2) is 82.4 Å². The molecule has 4 aromatic rings. The normalized spacial score (nSPS) is 12.0. The van der Waals surface area contributed by atoms with E-state index in [1.54, 1.807) is 37.3 Å². The van der Waals surface area contributed by atoms with Crippen LogP contribution in [0.2, 0.25) is 5.02 Å². The summed E-state index contributed by atoms with van der Waals surface area (Å²) in [4.78, 5) is 25.5. The van der Waals surface area contributed by atoms with Crippen LogP contribution >= 0.6 is 38.9 Å².